The van der Waals surface area contributed by atoms with Crippen LogP contribution < -0.4 is 5.73 Å². The summed E-state index contributed by atoms with van der Waals surface area (Å²) in [6.45, 7) is 5.16. The molecule has 0 spiro atoms. The summed E-state index contributed by atoms with van der Waals surface area (Å²) in [5.74, 6) is 0. The summed E-state index contributed by atoms with van der Waals surface area (Å²) in [6, 6.07) is 6.41. The van der Waals surface area contributed by atoms with Gasteiger partial charge in [0.1, 0.15) is 0 Å². The van der Waals surface area contributed by atoms with Crippen LogP contribution in [-0.2, 0) is 19.4 Å². The number of hydrogen-bond acceptors (Lipinski definition) is 3. The molecule has 0 saturated carbocycles. The Bertz CT molecular complexity index is 459. The Balaban J connectivity index is 2.15. The van der Waals surface area contributed by atoms with E-state index in [1.807, 2.05) is 0 Å². The summed E-state index contributed by atoms with van der Waals surface area (Å²) < 4.78 is 2.06. The molecule has 3 nitrogen and oxygen atoms in total. The zero-order valence-corrected chi connectivity index (χ0v) is 11.2. The van der Waals surface area contributed by atoms with Crippen LogP contribution in [0.25, 0.3) is 0 Å². The van der Waals surface area contributed by atoms with Gasteiger partial charge in [-0.1, -0.05) is 13.0 Å². The smallest absolute Gasteiger partial charge is 0.0624 e. The molecule has 2 rings (SSSR count). The highest BCUT2D eigenvalue weighted by atomic mass is 32.1. The van der Waals surface area contributed by atoms with E-state index in [2.05, 4.69) is 47.2 Å². The van der Waals surface area contributed by atoms with Crippen LogP contribution in [0.15, 0.2) is 23.6 Å². The summed E-state index contributed by atoms with van der Waals surface area (Å²) in [6.07, 6.45) is 1.84. The third-order valence-corrected chi connectivity index (χ3v) is 3.92. The molecule has 2 aromatic heterocycles. The summed E-state index contributed by atoms with van der Waals surface area (Å²) in [4.78, 5) is 1.24. The molecule has 0 aliphatic heterocycles. The lowest BCUT2D eigenvalue weighted by atomic mass is 10.1. The van der Waals surface area contributed by atoms with Crippen molar-refractivity contribution in [2.45, 2.75) is 39.3 Å². The predicted octanol–water partition coefficient (Wildman–Crippen LogP) is 2.77. The third kappa shape index (κ3) is 2.76. The van der Waals surface area contributed by atoms with E-state index in [9.17, 15) is 0 Å². The number of rotatable bonds is 5. The molecule has 0 aliphatic rings. The van der Waals surface area contributed by atoms with Gasteiger partial charge in [0, 0.05) is 29.6 Å². The third-order valence-electron chi connectivity index (χ3n) is 2.91. The lowest BCUT2D eigenvalue weighted by molar-refractivity contribution is 0.588. The van der Waals surface area contributed by atoms with Crippen molar-refractivity contribution in [3.8, 4) is 0 Å². The van der Waals surface area contributed by atoms with Gasteiger partial charge >= 0.3 is 0 Å². The largest absolute Gasteiger partial charge is 0.323 e. The fourth-order valence-electron chi connectivity index (χ4n) is 1.95. The topological polar surface area (TPSA) is 43.8 Å². The molecule has 2 heterocycles. The van der Waals surface area contributed by atoms with Gasteiger partial charge in [0.25, 0.3) is 0 Å². The lowest BCUT2D eigenvalue weighted by Gasteiger charge is -2.10. The van der Waals surface area contributed by atoms with E-state index >= 15 is 0 Å². The molecule has 0 saturated heterocycles. The normalized spacial score (nSPS) is 12.9. The molecule has 2 aromatic rings. The van der Waals surface area contributed by atoms with Gasteiger partial charge in [0.05, 0.1) is 5.69 Å². The zero-order valence-electron chi connectivity index (χ0n) is 10.4. The number of aromatic nitrogens is 2. The van der Waals surface area contributed by atoms with Crippen LogP contribution in [0.5, 0.6) is 0 Å². The van der Waals surface area contributed by atoms with E-state index in [0.29, 0.717) is 0 Å². The number of nitrogens with two attached hydrogens (primary N) is 1. The Morgan fingerprint density at radius 2 is 2.29 bits per heavy atom. The van der Waals surface area contributed by atoms with Crippen molar-refractivity contribution in [3.05, 3.63) is 39.8 Å². The molecule has 0 bridgehead atoms. The minimum absolute atomic E-state index is 0.0849. The van der Waals surface area contributed by atoms with Crippen molar-refractivity contribution in [2.75, 3.05) is 0 Å². The first kappa shape index (κ1) is 12.3. The van der Waals surface area contributed by atoms with Crippen LogP contribution in [0.1, 0.15) is 36.2 Å². The second kappa shape index (κ2) is 5.47. The van der Waals surface area contributed by atoms with Gasteiger partial charge in [-0.15, -0.1) is 11.3 Å². The first-order valence-corrected chi connectivity index (χ1v) is 6.97. The average Bonchev–Trinajstić information content (AvgIpc) is 2.97. The number of aryl methyl sites for hydroxylation is 2. The van der Waals surface area contributed by atoms with E-state index < -0.39 is 0 Å². The Morgan fingerprint density at radius 3 is 2.88 bits per heavy atom. The van der Waals surface area contributed by atoms with E-state index in [1.54, 1.807) is 11.3 Å². The molecule has 0 aliphatic carbocycles. The highest BCUT2D eigenvalue weighted by Gasteiger charge is 2.12. The van der Waals surface area contributed by atoms with Gasteiger partial charge in [-0.25, -0.2) is 0 Å². The van der Waals surface area contributed by atoms with Gasteiger partial charge in [0.2, 0.25) is 0 Å². The molecule has 0 fully saturated rings. The monoisotopic (exact) mass is 249 g/mol. The van der Waals surface area contributed by atoms with Crippen molar-refractivity contribution in [2.24, 2.45) is 5.73 Å². The van der Waals surface area contributed by atoms with Crippen molar-refractivity contribution < 1.29 is 0 Å². The second-order valence-corrected chi connectivity index (χ2v) is 5.10. The SMILES string of the molecule is CCc1cc(CC(N)c2cccs2)n(CC)n1. The fraction of sp³-hybridized carbons (Fsp3) is 0.462. The quantitative estimate of drug-likeness (QED) is 0.885. The van der Waals surface area contributed by atoms with Crippen LogP contribution >= 0.6 is 11.3 Å². The minimum Gasteiger partial charge on any atom is -0.323 e. The number of hydrogen-bond donors (Lipinski definition) is 1. The maximum absolute atomic E-state index is 6.22. The highest BCUT2D eigenvalue weighted by molar-refractivity contribution is 7.10. The summed E-state index contributed by atoms with van der Waals surface area (Å²) in [5.41, 5.74) is 8.61. The molecule has 0 aromatic carbocycles. The second-order valence-electron chi connectivity index (χ2n) is 4.12. The molecule has 2 N–H and O–H groups in total. The number of thiophene rings is 1. The van der Waals surface area contributed by atoms with Crippen LogP contribution in [0, 0.1) is 0 Å². The van der Waals surface area contributed by atoms with Gasteiger partial charge in [0.15, 0.2) is 0 Å². The van der Waals surface area contributed by atoms with Gasteiger partial charge in [-0.05, 0) is 30.9 Å². The fourth-order valence-corrected chi connectivity index (χ4v) is 2.68. The van der Waals surface area contributed by atoms with Gasteiger partial charge in [-0.3, -0.25) is 4.68 Å². The predicted molar refractivity (Wildman–Crippen MR) is 72.2 cm³/mol. The Labute approximate surface area is 106 Å². The first-order valence-electron chi connectivity index (χ1n) is 6.09. The average molecular weight is 249 g/mol. The molecule has 0 radical (unpaired) electrons. The zero-order chi connectivity index (χ0) is 12.3. The molecule has 1 unspecified atom stereocenters. The lowest BCUT2D eigenvalue weighted by Crippen LogP contribution is -2.14. The maximum atomic E-state index is 6.22. The van der Waals surface area contributed by atoms with Crippen molar-refractivity contribution in [1.82, 2.24) is 9.78 Å². The Morgan fingerprint density at radius 1 is 1.47 bits per heavy atom. The molecule has 17 heavy (non-hydrogen) atoms. The Kier molecular flexibility index (Phi) is 3.97. The molecule has 92 valence electrons. The molecule has 0 amide bonds. The first-order chi connectivity index (χ1) is 8.24. The van der Waals surface area contributed by atoms with Crippen LogP contribution in [0.2, 0.25) is 0 Å². The molecule has 1 atom stereocenters. The summed E-state index contributed by atoms with van der Waals surface area (Å²) in [5, 5.41) is 6.62. The summed E-state index contributed by atoms with van der Waals surface area (Å²) in [7, 11) is 0. The maximum Gasteiger partial charge on any atom is 0.0624 e. The van der Waals surface area contributed by atoms with Gasteiger partial charge < -0.3 is 5.73 Å². The van der Waals surface area contributed by atoms with E-state index in [4.69, 9.17) is 5.73 Å². The molecular weight excluding hydrogens is 230 g/mol. The van der Waals surface area contributed by atoms with E-state index in [-0.39, 0.29) is 6.04 Å². The van der Waals surface area contributed by atoms with Crippen molar-refractivity contribution in [3.63, 3.8) is 0 Å². The van der Waals surface area contributed by atoms with E-state index in [0.717, 1.165) is 25.1 Å². The highest BCUT2D eigenvalue weighted by Crippen LogP contribution is 2.21. The van der Waals surface area contributed by atoms with Gasteiger partial charge in [-0.2, -0.15) is 5.10 Å². The van der Waals surface area contributed by atoms with E-state index in [1.165, 1.54) is 10.6 Å². The van der Waals surface area contributed by atoms with Crippen LogP contribution in [-0.4, -0.2) is 9.78 Å². The van der Waals surface area contributed by atoms with Crippen LogP contribution in [0.3, 0.4) is 0 Å². The minimum atomic E-state index is 0.0849. The van der Waals surface area contributed by atoms with Crippen molar-refractivity contribution >= 4 is 11.3 Å². The Hall–Kier alpha value is -1.13. The molecule has 4 heteroatoms. The van der Waals surface area contributed by atoms with Crippen molar-refractivity contribution in [1.29, 1.82) is 0 Å². The summed E-state index contributed by atoms with van der Waals surface area (Å²) >= 11 is 1.72. The standard InChI is InChI=1S/C13H19N3S/c1-3-10-8-11(16(4-2)15-10)9-12(14)13-6-5-7-17-13/h5-8,12H,3-4,9,14H2,1-2H3. The molecular formula is C13H19N3S. The number of nitrogens with zero attached hydrogens (tertiary/aromatic N) is 2. The van der Waals surface area contributed by atoms with Crippen LogP contribution in [0.4, 0.5) is 0 Å².